The molecule has 0 radical (unpaired) electrons. The molecule has 15 heavy (non-hydrogen) atoms. The molecule has 0 amide bonds. The van der Waals surface area contributed by atoms with Gasteiger partial charge in [-0.1, -0.05) is 12.1 Å². The van der Waals surface area contributed by atoms with Crippen molar-refractivity contribution in [2.75, 3.05) is 18.8 Å². The van der Waals surface area contributed by atoms with E-state index in [9.17, 15) is 0 Å². The topological polar surface area (TPSA) is 78.1 Å². The van der Waals surface area contributed by atoms with E-state index in [0.29, 0.717) is 13.1 Å². The van der Waals surface area contributed by atoms with E-state index in [2.05, 4.69) is 0 Å². The molecule has 0 aliphatic rings. The summed E-state index contributed by atoms with van der Waals surface area (Å²) in [7, 11) is 0. The molecular formula is C9H18Cl3N3. The Labute approximate surface area is 109 Å². The lowest BCUT2D eigenvalue weighted by Gasteiger charge is -2.11. The maximum atomic E-state index is 5.55. The van der Waals surface area contributed by atoms with Crippen LogP contribution in [0.25, 0.3) is 0 Å². The van der Waals surface area contributed by atoms with Crippen molar-refractivity contribution < 1.29 is 0 Å². The lowest BCUT2D eigenvalue weighted by Crippen LogP contribution is -2.21. The van der Waals surface area contributed by atoms with Crippen molar-refractivity contribution in [3.05, 3.63) is 29.8 Å². The second-order valence-corrected chi connectivity index (χ2v) is 2.83. The molecule has 0 fully saturated rings. The third-order valence-corrected chi connectivity index (χ3v) is 1.98. The molecule has 0 saturated carbocycles. The number of hydrogen-bond acceptors (Lipinski definition) is 3. The van der Waals surface area contributed by atoms with Crippen LogP contribution in [0.5, 0.6) is 0 Å². The highest BCUT2D eigenvalue weighted by molar-refractivity contribution is 5.86. The molecule has 0 saturated heterocycles. The van der Waals surface area contributed by atoms with Gasteiger partial charge in [0.25, 0.3) is 0 Å². The van der Waals surface area contributed by atoms with Gasteiger partial charge in [0, 0.05) is 24.7 Å². The Morgan fingerprint density at radius 2 is 1.27 bits per heavy atom. The number of rotatable bonds is 3. The van der Waals surface area contributed by atoms with Crippen LogP contribution in [0.4, 0.5) is 5.69 Å². The molecule has 6 N–H and O–H groups in total. The zero-order valence-corrected chi connectivity index (χ0v) is 10.7. The highest BCUT2D eigenvalue weighted by atomic mass is 35.5. The Bertz CT molecular complexity index is 237. The fourth-order valence-corrected chi connectivity index (χ4v) is 1.14. The predicted octanol–water partition coefficient (Wildman–Crippen LogP) is 1.54. The summed E-state index contributed by atoms with van der Waals surface area (Å²) < 4.78 is 0. The maximum absolute atomic E-state index is 5.55. The third kappa shape index (κ3) is 6.07. The minimum absolute atomic E-state index is 0. The molecule has 0 aliphatic carbocycles. The number of halogens is 3. The summed E-state index contributed by atoms with van der Waals surface area (Å²) in [6.07, 6.45) is 0. The summed E-state index contributed by atoms with van der Waals surface area (Å²) >= 11 is 0. The Morgan fingerprint density at radius 1 is 0.867 bits per heavy atom. The number of nitrogens with two attached hydrogens (primary N) is 3. The minimum atomic E-state index is 0. The first kappa shape index (κ1) is 20.3. The van der Waals surface area contributed by atoms with Crippen molar-refractivity contribution >= 4 is 42.9 Å². The van der Waals surface area contributed by atoms with Crippen LogP contribution in [0.2, 0.25) is 0 Å². The lowest BCUT2D eigenvalue weighted by atomic mass is 9.99. The first-order valence-corrected chi connectivity index (χ1v) is 4.03. The molecule has 6 heteroatoms. The largest absolute Gasteiger partial charge is 0.399 e. The number of hydrogen-bond donors (Lipinski definition) is 3. The number of benzene rings is 1. The summed E-state index contributed by atoms with van der Waals surface area (Å²) in [5, 5.41) is 0. The number of nitrogen functional groups attached to an aromatic ring is 1. The van der Waals surface area contributed by atoms with Gasteiger partial charge in [-0.3, -0.25) is 0 Å². The summed E-state index contributed by atoms with van der Waals surface area (Å²) in [4.78, 5) is 0. The van der Waals surface area contributed by atoms with Crippen LogP contribution in [0.1, 0.15) is 11.5 Å². The van der Waals surface area contributed by atoms with Crippen molar-refractivity contribution in [3.63, 3.8) is 0 Å². The molecule has 3 nitrogen and oxygen atoms in total. The average Bonchev–Trinajstić information content (AvgIpc) is 2.10. The predicted molar refractivity (Wildman–Crippen MR) is 73.4 cm³/mol. The van der Waals surface area contributed by atoms with Crippen LogP contribution >= 0.6 is 37.2 Å². The summed E-state index contributed by atoms with van der Waals surface area (Å²) in [6.45, 7) is 1.17. The molecule has 1 aromatic carbocycles. The quantitative estimate of drug-likeness (QED) is 0.732. The van der Waals surface area contributed by atoms with Gasteiger partial charge in [-0.05, 0) is 17.7 Å². The van der Waals surface area contributed by atoms with Crippen molar-refractivity contribution in [3.8, 4) is 0 Å². The van der Waals surface area contributed by atoms with Crippen LogP contribution in [-0.2, 0) is 0 Å². The Hall–Kier alpha value is -0.190. The highest BCUT2D eigenvalue weighted by Crippen LogP contribution is 2.14. The zero-order chi connectivity index (χ0) is 8.97. The molecule has 0 unspecified atom stereocenters. The van der Waals surface area contributed by atoms with Crippen molar-refractivity contribution in [1.82, 2.24) is 0 Å². The molecule has 0 aliphatic heterocycles. The van der Waals surface area contributed by atoms with Gasteiger partial charge in [0.05, 0.1) is 0 Å². The number of anilines is 1. The van der Waals surface area contributed by atoms with Crippen LogP contribution in [0.3, 0.4) is 0 Å². The van der Waals surface area contributed by atoms with E-state index in [4.69, 9.17) is 17.2 Å². The van der Waals surface area contributed by atoms with E-state index in [1.54, 1.807) is 0 Å². The Kier molecular flexibility index (Phi) is 13.9. The van der Waals surface area contributed by atoms with Crippen LogP contribution in [0, 0.1) is 0 Å². The SMILES string of the molecule is Cl.Cl.Cl.NCC(CN)c1ccc(N)cc1. The van der Waals surface area contributed by atoms with Crippen molar-refractivity contribution in [1.29, 1.82) is 0 Å². The molecule has 0 bridgehead atoms. The third-order valence-electron chi connectivity index (χ3n) is 1.98. The monoisotopic (exact) mass is 273 g/mol. The van der Waals surface area contributed by atoms with Crippen molar-refractivity contribution in [2.45, 2.75) is 5.92 Å². The van der Waals surface area contributed by atoms with Crippen molar-refractivity contribution in [2.24, 2.45) is 11.5 Å². The molecule has 1 aromatic rings. The fraction of sp³-hybridized carbons (Fsp3) is 0.333. The van der Waals surface area contributed by atoms with E-state index in [0.717, 1.165) is 11.3 Å². The van der Waals surface area contributed by atoms with E-state index in [-0.39, 0.29) is 43.1 Å². The van der Waals surface area contributed by atoms with Gasteiger partial charge in [-0.25, -0.2) is 0 Å². The van der Waals surface area contributed by atoms with Crippen LogP contribution < -0.4 is 17.2 Å². The van der Waals surface area contributed by atoms with E-state index < -0.39 is 0 Å². The van der Waals surface area contributed by atoms with Gasteiger partial charge in [-0.15, -0.1) is 37.2 Å². The molecular weight excluding hydrogens is 256 g/mol. The minimum Gasteiger partial charge on any atom is -0.399 e. The van der Waals surface area contributed by atoms with E-state index >= 15 is 0 Å². The van der Waals surface area contributed by atoms with Gasteiger partial charge in [0.1, 0.15) is 0 Å². The standard InChI is InChI=1S/C9H15N3.3ClH/c10-5-8(6-11)7-1-3-9(12)4-2-7;;;/h1-4,8H,5-6,10-12H2;3*1H. The Morgan fingerprint density at radius 3 is 1.60 bits per heavy atom. The molecule has 1 rings (SSSR count). The average molecular weight is 275 g/mol. The highest BCUT2D eigenvalue weighted by Gasteiger charge is 2.05. The van der Waals surface area contributed by atoms with Crippen LogP contribution in [-0.4, -0.2) is 13.1 Å². The van der Waals surface area contributed by atoms with Gasteiger partial charge in [0.2, 0.25) is 0 Å². The lowest BCUT2D eigenvalue weighted by molar-refractivity contribution is 0.708. The molecule has 0 spiro atoms. The first-order chi connectivity index (χ1) is 5.77. The summed E-state index contributed by atoms with van der Waals surface area (Å²) in [6, 6.07) is 7.68. The second-order valence-electron chi connectivity index (χ2n) is 2.83. The van der Waals surface area contributed by atoms with E-state index in [1.807, 2.05) is 24.3 Å². The molecule has 0 aromatic heterocycles. The maximum Gasteiger partial charge on any atom is 0.0314 e. The first-order valence-electron chi connectivity index (χ1n) is 4.03. The van der Waals surface area contributed by atoms with Gasteiger partial charge >= 0.3 is 0 Å². The molecule has 90 valence electrons. The normalized spacial score (nSPS) is 8.47. The second kappa shape index (κ2) is 10.3. The van der Waals surface area contributed by atoms with E-state index in [1.165, 1.54) is 0 Å². The van der Waals surface area contributed by atoms with Crippen LogP contribution in [0.15, 0.2) is 24.3 Å². The van der Waals surface area contributed by atoms with Gasteiger partial charge in [0.15, 0.2) is 0 Å². The zero-order valence-electron chi connectivity index (χ0n) is 8.26. The summed E-state index contributed by atoms with van der Waals surface area (Å²) in [5.41, 5.74) is 18.6. The summed E-state index contributed by atoms with van der Waals surface area (Å²) in [5.74, 6) is 0.255. The molecule has 0 heterocycles. The molecule has 0 atom stereocenters. The Balaban J connectivity index is -0.000000480. The van der Waals surface area contributed by atoms with Gasteiger partial charge < -0.3 is 17.2 Å². The van der Waals surface area contributed by atoms with Gasteiger partial charge in [-0.2, -0.15) is 0 Å². The smallest absolute Gasteiger partial charge is 0.0314 e. The fourth-order valence-electron chi connectivity index (χ4n) is 1.14.